The Hall–Kier alpha value is -2.04. The van der Waals surface area contributed by atoms with Gasteiger partial charge in [0, 0.05) is 38.6 Å². The lowest BCUT2D eigenvalue weighted by Gasteiger charge is -2.20. The van der Waals surface area contributed by atoms with Gasteiger partial charge in [-0.05, 0) is 31.4 Å². The smallest absolute Gasteiger partial charge is 0.225 e. The highest BCUT2D eigenvalue weighted by atomic mass is 16.2. The topological polar surface area (TPSA) is 56.7 Å². The Morgan fingerprint density at radius 1 is 1.38 bits per heavy atom. The number of carbonyl (C=O) groups is 1. The summed E-state index contributed by atoms with van der Waals surface area (Å²) in [7, 11) is 1.78. The van der Waals surface area contributed by atoms with Gasteiger partial charge in [0.15, 0.2) is 5.96 Å². The van der Waals surface area contributed by atoms with Crippen molar-refractivity contribution in [3.8, 4) is 0 Å². The fraction of sp³-hybridized carbons (Fsp3) is 0.579. The molecule has 1 aromatic rings. The molecule has 1 aliphatic heterocycles. The fourth-order valence-corrected chi connectivity index (χ4v) is 3.05. The van der Waals surface area contributed by atoms with E-state index >= 15 is 0 Å². The van der Waals surface area contributed by atoms with Gasteiger partial charge in [0.05, 0.1) is 0 Å². The molecule has 1 saturated heterocycles. The van der Waals surface area contributed by atoms with Gasteiger partial charge in [0.25, 0.3) is 0 Å². The van der Waals surface area contributed by atoms with Crippen LogP contribution in [0.3, 0.4) is 0 Å². The second-order valence-electron chi connectivity index (χ2n) is 6.92. The monoisotopic (exact) mass is 330 g/mol. The van der Waals surface area contributed by atoms with Crippen LogP contribution in [0.25, 0.3) is 0 Å². The van der Waals surface area contributed by atoms with E-state index in [2.05, 4.69) is 47.7 Å². The van der Waals surface area contributed by atoms with Crippen LogP contribution in [0.4, 0.5) is 0 Å². The maximum atomic E-state index is 12.1. The van der Waals surface area contributed by atoms with Gasteiger partial charge in [-0.3, -0.25) is 9.79 Å². The first-order chi connectivity index (χ1) is 11.4. The molecule has 5 heteroatoms. The molecule has 0 saturated carbocycles. The number of carbonyl (C=O) groups excluding carboxylic acids is 1. The van der Waals surface area contributed by atoms with Gasteiger partial charge < -0.3 is 15.5 Å². The van der Waals surface area contributed by atoms with E-state index < -0.39 is 0 Å². The van der Waals surface area contributed by atoms with Gasteiger partial charge in [0.1, 0.15) is 0 Å². The average Bonchev–Trinajstić information content (AvgIpc) is 3.00. The number of hydrogen-bond donors (Lipinski definition) is 2. The van der Waals surface area contributed by atoms with Gasteiger partial charge >= 0.3 is 0 Å². The van der Waals surface area contributed by atoms with Crippen LogP contribution < -0.4 is 10.6 Å². The number of likely N-dealkylation sites (tertiary alicyclic amines) is 1. The van der Waals surface area contributed by atoms with Crippen LogP contribution in [0.1, 0.15) is 37.0 Å². The van der Waals surface area contributed by atoms with Crippen LogP contribution in [0.15, 0.2) is 23.2 Å². The lowest BCUT2D eigenvalue weighted by atomic mass is 10.1. The van der Waals surface area contributed by atoms with Crippen molar-refractivity contribution in [3.63, 3.8) is 0 Å². The molecule has 0 aromatic heterocycles. The molecule has 0 bridgehead atoms. The molecule has 24 heavy (non-hydrogen) atoms. The lowest BCUT2D eigenvalue weighted by molar-refractivity contribution is -0.133. The summed E-state index contributed by atoms with van der Waals surface area (Å²) in [6.45, 7) is 10.5. The Kier molecular flexibility index (Phi) is 6.23. The maximum absolute atomic E-state index is 12.1. The minimum atomic E-state index is 0.0608. The number of aryl methyl sites for hydroxylation is 2. The summed E-state index contributed by atoms with van der Waals surface area (Å²) in [5, 5.41) is 6.81. The van der Waals surface area contributed by atoms with Crippen molar-refractivity contribution in [2.24, 2.45) is 10.9 Å². The molecule has 132 valence electrons. The molecule has 0 aliphatic carbocycles. The third-order valence-electron chi connectivity index (χ3n) is 4.50. The third kappa shape index (κ3) is 4.73. The molecule has 1 aromatic carbocycles. The minimum absolute atomic E-state index is 0.0608. The number of nitrogens with one attached hydrogen (secondary N) is 2. The van der Waals surface area contributed by atoms with E-state index in [-0.39, 0.29) is 17.9 Å². The molecular weight excluding hydrogens is 300 g/mol. The van der Waals surface area contributed by atoms with Crippen LogP contribution in [-0.2, 0) is 11.3 Å². The Morgan fingerprint density at radius 3 is 2.75 bits per heavy atom. The first-order valence-electron chi connectivity index (χ1n) is 8.72. The average molecular weight is 330 g/mol. The SMILES string of the molecule is CN=C(NCc1ccc(C)cc1C)NC1CCN(C(=O)C(C)C)C1. The van der Waals surface area contributed by atoms with Crippen molar-refractivity contribution >= 4 is 11.9 Å². The molecule has 1 atom stereocenters. The van der Waals surface area contributed by atoms with Crippen molar-refractivity contribution in [3.05, 3.63) is 34.9 Å². The van der Waals surface area contributed by atoms with Crippen LogP contribution in [-0.4, -0.2) is 42.9 Å². The summed E-state index contributed by atoms with van der Waals surface area (Å²) in [5.41, 5.74) is 3.83. The van der Waals surface area contributed by atoms with Crippen molar-refractivity contribution < 1.29 is 4.79 Å². The van der Waals surface area contributed by atoms with Crippen LogP contribution >= 0.6 is 0 Å². The molecule has 1 heterocycles. The van der Waals surface area contributed by atoms with Gasteiger partial charge in [-0.2, -0.15) is 0 Å². The summed E-state index contributed by atoms with van der Waals surface area (Å²) in [5.74, 6) is 1.09. The van der Waals surface area contributed by atoms with E-state index in [1.807, 2.05) is 18.7 Å². The Labute approximate surface area is 145 Å². The van der Waals surface area contributed by atoms with Crippen LogP contribution in [0, 0.1) is 19.8 Å². The fourth-order valence-electron chi connectivity index (χ4n) is 3.05. The quantitative estimate of drug-likeness (QED) is 0.657. The number of nitrogens with zero attached hydrogens (tertiary/aromatic N) is 2. The predicted molar refractivity (Wildman–Crippen MR) is 99.1 cm³/mol. The molecule has 1 amide bonds. The molecule has 1 aliphatic rings. The predicted octanol–water partition coefficient (Wildman–Crippen LogP) is 2.23. The van der Waals surface area contributed by atoms with Gasteiger partial charge in [0.2, 0.25) is 5.91 Å². The molecular formula is C19H30N4O. The first kappa shape index (κ1) is 18.3. The number of guanidine groups is 1. The number of benzene rings is 1. The van der Waals surface area contributed by atoms with Gasteiger partial charge in [-0.25, -0.2) is 0 Å². The minimum Gasteiger partial charge on any atom is -0.352 e. The standard InChI is InChI=1S/C19H30N4O/c1-13(2)18(24)23-9-8-17(12-23)22-19(20-5)21-11-16-7-6-14(3)10-15(16)4/h6-7,10,13,17H,8-9,11-12H2,1-5H3,(H2,20,21,22). The molecule has 0 radical (unpaired) electrons. The molecule has 2 N–H and O–H groups in total. The van der Waals surface area contributed by atoms with E-state index in [0.29, 0.717) is 0 Å². The van der Waals surface area contributed by atoms with Crippen molar-refractivity contribution in [1.29, 1.82) is 0 Å². The second kappa shape index (κ2) is 8.18. The first-order valence-corrected chi connectivity index (χ1v) is 8.72. The zero-order chi connectivity index (χ0) is 17.7. The highest BCUT2D eigenvalue weighted by Crippen LogP contribution is 2.13. The van der Waals surface area contributed by atoms with Crippen molar-refractivity contribution in [2.45, 2.75) is 46.7 Å². The Balaban J connectivity index is 1.86. The molecule has 2 rings (SSSR count). The van der Waals surface area contributed by atoms with Crippen molar-refractivity contribution in [1.82, 2.24) is 15.5 Å². The van der Waals surface area contributed by atoms with Crippen molar-refractivity contribution in [2.75, 3.05) is 20.1 Å². The number of hydrogen-bond acceptors (Lipinski definition) is 2. The highest BCUT2D eigenvalue weighted by Gasteiger charge is 2.27. The van der Waals surface area contributed by atoms with Gasteiger partial charge in [-0.15, -0.1) is 0 Å². The number of amides is 1. The Morgan fingerprint density at radius 2 is 2.12 bits per heavy atom. The molecule has 0 spiro atoms. The largest absolute Gasteiger partial charge is 0.352 e. The van der Waals surface area contributed by atoms with Crippen LogP contribution in [0.2, 0.25) is 0 Å². The molecule has 5 nitrogen and oxygen atoms in total. The maximum Gasteiger partial charge on any atom is 0.225 e. The zero-order valence-electron chi connectivity index (χ0n) is 15.5. The van der Waals surface area contributed by atoms with Crippen LogP contribution in [0.5, 0.6) is 0 Å². The van der Waals surface area contributed by atoms with E-state index in [9.17, 15) is 4.79 Å². The summed E-state index contributed by atoms with van der Waals surface area (Å²) in [6, 6.07) is 6.74. The summed E-state index contributed by atoms with van der Waals surface area (Å²) < 4.78 is 0. The molecule has 1 unspecified atom stereocenters. The van der Waals surface area contributed by atoms with E-state index in [1.165, 1.54) is 16.7 Å². The highest BCUT2D eigenvalue weighted by molar-refractivity contribution is 5.81. The van der Waals surface area contributed by atoms with E-state index in [0.717, 1.165) is 32.0 Å². The Bertz CT molecular complexity index is 609. The summed E-state index contributed by atoms with van der Waals surface area (Å²) in [6.07, 6.45) is 0.961. The normalized spacial score (nSPS) is 18.2. The third-order valence-corrected chi connectivity index (χ3v) is 4.50. The van der Waals surface area contributed by atoms with E-state index in [1.54, 1.807) is 7.05 Å². The van der Waals surface area contributed by atoms with E-state index in [4.69, 9.17) is 0 Å². The summed E-state index contributed by atoms with van der Waals surface area (Å²) >= 11 is 0. The number of aliphatic imine (C=N–C) groups is 1. The summed E-state index contributed by atoms with van der Waals surface area (Å²) in [4.78, 5) is 18.3. The lowest BCUT2D eigenvalue weighted by Crippen LogP contribution is -2.45. The van der Waals surface area contributed by atoms with Gasteiger partial charge in [-0.1, -0.05) is 37.6 Å². The second-order valence-corrected chi connectivity index (χ2v) is 6.92. The number of rotatable bonds is 4. The zero-order valence-corrected chi connectivity index (χ0v) is 15.5. The molecule has 1 fully saturated rings.